The van der Waals surface area contributed by atoms with E-state index in [1.807, 2.05) is 26.8 Å². The van der Waals surface area contributed by atoms with Crippen molar-refractivity contribution in [1.82, 2.24) is 4.90 Å². The van der Waals surface area contributed by atoms with Crippen molar-refractivity contribution in [3.05, 3.63) is 35.4 Å². The minimum Gasteiger partial charge on any atom is -0.478 e. The van der Waals surface area contributed by atoms with E-state index in [1.165, 1.54) is 11.0 Å². The normalized spacial score (nSPS) is 14.7. The number of aliphatic imine (C=N–C) groups is 1. The number of amides is 1. The van der Waals surface area contributed by atoms with E-state index >= 15 is 0 Å². The molecule has 1 aromatic carbocycles. The second-order valence-corrected chi connectivity index (χ2v) is 6.11. The second-order valence-electron chi connectivity index (χ2n) is 6.11. The molecular weight excluding hydrogens is 284 g/mol. The first-order valence-corrected chi connectivity index (χ1v) is 7.12. The van der Waals surface area contributed by atoms with Crippen molar-refractivity contribution in [2.75, 3.05) is 13.1 Å². The van der Waals surface area contributed by atoms with Gasteiger partial charge >= 0.3 is 12.1 Å². The average Bonchev–Trinajstić information content (AvgIpc) is 2.85. The van der Waals surface area contributed by atoms with Crippen LogP contribution in [0.15, 0.2) is 29.3 Å². The Hall–Kier alpha value is -2.37. The highest BCUT2D eigenvalue weighted by atomic mass is 16.6. The molecule has 6 nitrogen and oxygen atoms in total. The van der Waals surface area contributed by atoms with Gasteiger partial charge in [0.05, 0.1) is 18.7 Å². The van der Waals surface area contributed by atoms with Gasteiger partial charge in [-0.2, -0.15) is 0 Å². The molecule has 0 atom stereocenters. The number of amidine groups is 1. The SMILES string of the molecule is CC(C)(C)OC(=O)N1CCN=C1Cc1cccc(C(=O)O)c1. The summed E-state index contributed by atoms with van der Waals surface area (Å²) in [6, 6.07) is 6.64. The Morgan fingerprint density at radius 3 is 2.73 bits per heavy atom. The summed E-state index contributed by atoms with van der Waals surface area (Å²) in [6.07, 6.45) is -0.0153. The lowest BCUT2D eigenvalue weighted by atomic mass is 10.1. The third-order valence-electron chi connectivity index (χ3n) is 3.08. The van der Waals surface area contributed by atoms with Gasteiger partial charge in [-0.1, -0.05) is 12.1 Å². The Labute approximate surface area is 129 Å². The van der Waals surface area contributed by atoms with Gasteiger partial charge in [0, 0.05) is 6.42 Å². The van der Waals surface area contributed by atoms with Crippen LogP contribution in [0.3, 0.4) is 0 Å². The number of ether oxygens (including phenoxy) is 1. The molecule has 0 bridgehead atoms. The molecule has 1 amide bonds. The monoisotopic (exact) mass is 304 g/mol. The van der Waals surface area contributed by atoms with Crippen LogP contribution in [0.25, 0.3) is 0 Å². The predicted molar refractivity (Wildman–Crippen MR) is 82.3 cm³/mol. The van der Waals surface area contributed by atoms with E-state index in [0.29, 0.717) is 25.3 Å². The zero-order valence-corrected chi connectivity index (χ0v) is 13.0. The molecule has 1 heterocycles. The standard InChI is InChI=1S/C16H20N2O4/c1-16(2,3)22-15(21)18-8-7-17-13(18)10-11-5-4-6-12(9-11)14(19)20/h4-6,9H,7-8,10H2,1-3H3,(H,19,20). The molecule has 1 aliphatic rings. The molecule has 0 unspecified atom stereocenters. The number of hydrogen-bond donors (Lipinski definition) is 1. The lowest BCUT2D eigenvalue weighted by molar-refractivity contribution is 0.0381. The number of hydrogen-bond acceptors (Lipinski definition) is 4. The fraction of sp³-hybridized carbons (Fsp3) is 0.438. The van der Waals surface area contributed by atoms with Gasteiger partial charge in [-0.05, 0) is 38.5 Å². The Kier molecular flexibility index (Phi) is 4.49. The van der Waals surface area contributed by atoms with E-state index < -0.39 is 17.7 Å². The number of carbonyl (C=O) groups is 2. The van der Waals surface area contributed by atoms with Crippen molar-refractivity contribution in [2.24, 2.45) is 4.99 Å². The van der Waals surface area contributed by atoms with E-state index in [2.05, 4.69) is 4.99 Å². The minimum absolute atomic E-state index is 0.222. The fourth-order valence-electron chi connectivity index (χ4n) is 2.16. The van der Waals surface area contributed by atoms with Crippen molar-refractivity contribution in [1.29, 1.82) is 0 Å². The van der Waals surface area contributed by atoms with E-state index in [9.17, 15) is 9.59 Å². The first kappa shape index (κ1) is 16.0. The van der Waals surface area contributed by atoms with Crippen LogP contribution < -0.4 is 0 Å². The number of carboxylic acid groups (broad SMARTS) is 1. The van der Waals surface area contributed by atoms with Crippen molar-refractivity contribution < 1.29 is 19.4 Å². The van der Waals surface area contributed by atoms with Gasteiger partial charge in [0.2, 0.25) is 0 Å². The summed E-state index contributed by atoms with van der Waals surface area (Å²) in [4.78, 5) is 29.0. The summed E-state index contributed by atoms with van der Waals surface area (Å²) >= 11 is 0. The lowest BCUT2D eigenvalue weighted by Crippen LogP contribution is -2.39. The molecule has 1 aliphatic heterocycles. The van der Waals surface area contributed by atoms with Gasteiger partial charge in [-0.15, -0.1) is 0 Å². The van der Waals surface area contributed by atoms with Crippen molar-refractivity contribution in [3.63, 3.8) is 0 Å². The molecule has 6 heteroatoms. The quantitative estimate of drug-likeness (QED) is 0.930. The summed E-state index contributed by atoms with van der Waals surface area (Å²) in [6.45, 7) is 6.46. The van der Waals surface area contributed by atoms with Gasteiger partial charge in [0.15, 0.2) is 0 Å². The fourth-order valence-corrected chi connectivity index (χ4v) is 2.16. The first-order chi connectivity index (χ1) is 10.3. The third-order valence-corrected chi connectivity index (χ3v) is 3.08. The number of aromatic carboxylic acids is 1. The van der Waals surface area contributed by atoms with E-state index in [-0.39, 0.29) is 5.56 Å². The molecule has 0 saturated heterocycles. The van der Waals surface area contributed by atoms with Crippen molar-refractivity contribution in [2.45, 2.75) is 32.8 Å². The third kappa shape index (κ3) is 4.07. The summed E-state index contributed by atoms with van der Waals surface area (Å²) in [5, 5.41) is 9.02. The van der Waals surface area contributed by atoms with Crippen LogP contribution in [-0.4, -0.2) is 46.6 Å². The molecule has 22 heavy (non-hydrogen) atoms. The van der Waals surface area contributed by atoms with Crippen LogP contribution in [0.2, 0.25) is 0 Å². The maximum atomic E-state index is 12.2. The smallest absolute Gasteiger partial charge is 0.415 e. The number of carbonyl (C=O) groups excluding carboxylic acids is 1. The average molecular weight is 304 g/mol. The van der Waals surface area contributed by atoms with Gasteiger partial charge in [0.1, 0.15) is 11.4 Å². The van der Waals surface area contributed by atoms with E-state index in [4.69, 9.17) is 9.84 Å². The Morgan fingerprint density at radius 1 is 1.36 bits per heavy atom. The summed E-state index contributed by atoms with van der Waals surface area (Å²) in [5.41, 5.74) is 0.461. The summed E-state index contributed by atoms with van der Waals surface area (Å²) in [7, 11) is 0. The molecule has 0 fully saturated rings. The molecule has 118 valence electrons. The Bertz CT molecular complexity index is 617. The van der Waals surface area contributed by atoms with Crippen LogP contribution >= 0.6 is 0 Å². The van der Waals surface area contributed by atoms with Gasteiger partial charge in [-0.3, -0.25) is 9.89 Å². The van der Waals surface area contributed by atoms with Gasteiger partial charge in [0.25, 0.3) is 0 Å². The molecule has 1 N–H and O–H groups in total. The Balaban J connectivity index is 2.10. The number of benzene rings is 1. The largest absolute Gasteiger partial charge is 0.478 e. The molecular formula is C16H20N2O4. The maximum absolute atomic E-state index is 12.2. The molecule has 0 saturated carbocycles. The molecule has 1 aromatic rings. The zero-order chi connectivity index (χ0) is 16.3. The van der Waals surface area contributed by atoms with Gasteiger partial charge < -0.3 is 9.84 Å². The molecule has 0 aliphatic carbocycles. The van der Waals surface area contributed by atoms with E-state index in [1.54, 1.807) is 12.1 Å². The second kappa shape index (κ2) is 6.17. The maximum Gasteiger partial charge on any atom is 0.415 e. The lowest BCUT2D eigenvalue weighted by Gasteiger charge is -2.25. The highest BCUT2D eigenvalue weighted by Gasteiger charge is 2.28. The minimum atomic E-state index is -0.973. The number of nitrogens with zero attached hydrogens (tertiary/aromatic N) is 2. The van der Waals surface area contributed by atoms with Gasteiger partial charge in [-0.25, -0.2) is 9.59 Å². The molecule has 0 aromatic heterocycles. The first-order valence-electron chi connectivity index (χ1n) is 7.12. The highest BCUT2D eigenvalue weighted by Crippen LogP contribution is 2.15. The zero-order valence-electron chi connectivity index (χ0n) is 13.0. The molecule has 0 spiro atoms. The van der Waals surface area contributed by atoms with Crippen LogP contribution in [0.1, 0.15) is 36.7 Å². The molecule has 0 radical (unpaired) electrons. The van der Waals surface area contributed by atoms with Crippen LogP contribution in [-0.2, 0) is 11.2 Å². The Morgan fingerprint density at radius 2 is 2.09 bits per heavy atom. The highest BCUT2D eigenvalue weighted by molar-refractivity contribution is 5.98. The van der Waals surface area contributed by atoms with Crippen LogP contribution in [0.4, 0.5) is 4.79 Å². The van der Waals surface area contributed by atoms with E-state index in [0.717, 1.165) is 5.56 Å². The topological polar surface area (TPSA) is 79.2 Å². The summed E-state index contributed by atoms with van der Waals surface area (Å²) < 4.78 is 5.36. The van der Waals surface area contributed by atoms with Crippen molar-refractivity contribution in [3.8, 4) is 0 Å². The number of carboxylic acids is 1. The predicted octanol–water partition coefficient (Wildman–Crippen LogP) is 2.58. The molecule has 2 rings (SSSR count). The van der Waals surface area contributed by atoms with Crippen LogP contribution in [0.5, 0.6) is 0 Å². The van der Waals surface area contributed by atoms with Crippen LogP contribution in [0, 0.1) is 0 Å². The summed E-state index contributed by atoms with van der Waals surface area (Å²) in [5.74, 6) is -0.365. The number of rotatable bonds is 3. The van der Waals surface area contributed by atoms with Crippen molar-refractivity contribution >= 4 is 17.9 Å².